The molecule has 1 aromatic carbocycles. The van der Waals surface area contributed by atoms with Crippen molar-refractivity contribution in [2.75, 3.05) is 14.2 Å². The number of ketones is 1. The summed E-state index contributed by atoms with van der Waals surface area (Å²) in [7, 11) is 3.18. The highest BCUT2D eigenvalue weighted by Crippen LogP contribution is 2.46. The van der Waals surface area contributed by atoms with E-state index in [1.54, 1.807) is 14.2 Å². The molecule has 1 aliphatic rings. The predicted molar refractivity (Wildman–Crippen MR) is 75.0 cm³/mol. The molecular weight excluding hydrogens is 240 g/mol. The molecule has 1 aromatic rings. The third-order valence-corrected chi connectivity index (χ3v) is 4.25. The lowest BCUT2D eigenvalue weighted by Gasteiger charge is -2.26. The molecule has 104 valence electrons. The molecular formula is C16H22O3. The highest BCUT2D eigenvalue weighted by atomic mass is 16.5. The Kier molecular flexibility index (Phi) is 3.83. The Morgan fingerprint density at radius 1 is 1.21 bits per heavy atom. The van der Waals surface area contributed by atoms with Crippen LogP contribution in [0.3, 0.4) is 0 Å². The number of rotatable bonds is 4. The predicted octanol–water partition coefficient (Wildman–Crippen LogP) is 3.71. The number of methoxy groups -OCH3 is 2. The monoisotopic (exact) mass is 262 g/mol. The molecule has 0 aliphatic heterocycles. The minimum Gasteiger partial charge on any atom is -0.496 e. The van der Waals surface area contributed by atoms with Gasteiger partial charge in [-0.15, -0.1) is 0 Å². The Morgan fingerprint density at radius 3 is 2.21 bits per heavy atom. The van der Waals surface area contributed by atoms with Crippen molar-refractivity contribution < 1.29 is 14.3 Å². The molecule has 2 rings (SSSR count). The molecule has 0 N–H and O–H groups in total. The standard InChI is InChI=1S/C16H22O3/c1-16(2)10-6-7-11(16)15(17)14-12(18-3)8-5-9-13(14)19-4/h5,8-9,11H,6-7,10H2,1-4H3. The van der Waals surface area contributed by atoms with Crippen LogP contribution in [0.2, 0.25) is 0 Å². The minimum atomic E-state index is 0.0534. The molecule has 0 amide bonds. The fraction of sp³-hybridized carbons (Fsp3) is 0.562. The molecule has 0 saturated heterocycles. The Morgan fingerprint density at radius 2 is 1.79 bits per heavy atom. The van der Waals surface area contributed by atoms with E-state index in [2.05, 4.69) is 13.8 Å². The van der Waals surface area contributed by atoms with Crippen molar-refractivity contribution in [3.8, 4) is 11.5 Å². The minimum absolute atomic E-state index is 0.0534. The van der Waals surface area contributed by atoms with Crippen LogP contribution in [0.25, 0.3) is 0 Å². The Hall–Kier alpha value is -1.51. The van der Waals surface area contributed by atoms with Crippen molar-refractivity contribution in [1.29, 1.82) is 0 Å². The van der Waals surface area contributed by atoms with E-state index < -0.39 is 0 Å². The average molecular weight is 262 g/mol. The number of hydrogen-bond donors (Lipinski definition) is 0. The van der Waals surface area contributed by atoms with E-state index in [-0.39, 0.29) is 17.1 Å². The van der Waals surface area contributed by atoms with Crippen LogP contribution in [0.4, 0.5) is 0 Å². The summed E-state index contributed by atoms with van der Waals surface area (Å²) in [5, 5.41) is 0. The quantitative estimate of drug-likeness (QED) is 0.776. The molecule has 0 bridgehead atoms. The van der Waals surface area contributed by atoms with Gasteiger partial charge >= 0.3 is 0 Å². The van der Waals surface area contributed by atoms with Crippen LogP contribution >= 0.6 is 0 Å². The second kappa shape index (κ2) is 5.24. The average Bonchev–Trinajstić information content (AvgIpc) is 2.76. The first-order valence-corrected chi connectivity index (χ1v) is 6.76. The lowest BCUT2D eigenvalue weighted by molar-refractivity contribution is 0.0832. The number of ether oxygens (including phenoxy) is 2. The molecule has 19 heavy (non-hydrogen) atoms. The normalized spacial score (nSPS) is 21.2. The molecule has 0 heterocycles. The first kappa shape index (κ1) is 13.9. The van der Waals surface area contributed by atoms with Crippen molar-refractivity contribution >= 4 is 5.78 Å². The maximum Gasteiger partial charge on any atom is 0.173 e. The summed E-state index contributed by atoms with van der Waals surface area (Å²) in [6, 6.07) is 5.48. The van der Waals surface area contributed by atoms with E-state index in [0.717, 1.165) is 19.3 Å². The van der Waals surface area contributed by atoms with Gasteiger partial charge in [-0.3, -0.25) is 4.79 Å². The second-order valence-electron chi connectivity index (χ2n) is 5.84. The van der Waals surface area contributed by atoms with Gasteiger partial charge in [-0.25, -0.2) is 0 Å². The van der Waals surface area contributed by atoms with Crippen molar-refractivity contribution in [3.63, 3.8) is 0 Å². The third kappa shape index (κ3) is 2.46. The van der Waals surface area contributed by atoms with Crippen LogP contribution in [-0.4, -0.2) is 20.0 Å². The van der Waals surface area contributed by atoms with Gasteiger partial charge in [0.2, 0.25) is 0 Å². The lowest BCUT2D eigenvalue weighted by atomic mass is 9.77. The van der Waals surface area contributed by atoms with Gasteiger partial charge in [0.05, 0.1) is 14.2 Å². The van der Waals surface area contributed by atoms with Crippen LogP contribution in [-0.2, 0) is 0 Å². The van der Waals surface area contributed by atoms with E-state index in [0.29, 0.717) is 17.1 Å². The Labute approximate surface area is 114 Å². The molecule has 1 unspecified atom stereocenters. The summed E-state index contributed by atoms with van der Waals surface area (Å²) in [4.78, 5) is 12.9. The largest absolute Gasteiger partial charge is 0.496 e. The van der Waals surface area contributed by atoms with Crippen molar-refractivity contribution in [1.82, 2.24) is 0 Å². The van der Waals surface area contributed by atoms with Crippen LogP contribution in [0.5, 0.6) is 11.5 Å². The number of hydrogen-bond acceptors (Lipinski definition) is 3. The molecule has 0 radical (unpaired) electrons. The fourth-order valence-corrected chi connectivity index (χ4v) is 3.08. The summed E-state index contributed by atoms with van der Waals surface area (Å²) in [6.45, 7) is 4.34. The zero-order valence-electron chi connectivity index (χ0n) is 12.2. The summed E-state index contributed by atoms with van der Waals surface area (Å²) in [5.74, 6) is 1.41. The molecule has 1 atom stereocenters. The van der Waals surface area contributed by atoms with Crippen LogP contribution in [0.1, 0.15) is 43.5 Å². The number of carbonyl (C=O) groups is 1. The summed E-state index contributed by atoms with van der Waals surface area (Å²) >= 11 is 0. The SMILES string of the molecule is COc1cccc(OC)c1C(=O)C1CCCC1(C)C. The van der Waals surface area contributed by atoms with Gasteiger partial charge < -0.3 is 9.47 Å². The fourth-order valence-electron chi connectivity index (χ4n) is 3.08. The number of benzene rings is 1. The molecule has 1 saturated carbocycles. The maximum absolute atomic E-state index is 12.9. The molecule has 0 aromatic heterocycles. The van der Waals surface area contributed by atoms with E-state index >= 15 is 0 Å². The van der Waals surface area contributed by atoms with Crippen molar-refractivity contribution in [3.05, 3.63) is 23.8 Å². The summed E-state index contributed by atoms with van der Waals surface area (Å²) in [5.41, 5.74) is 0.649. The van der Waals surface area contributed by atoms with E-state index in [9.17, 15) is 4.79 Å². The van der Waals surface area contributed by atoms with Gasteiger partial charge in [-0.1, -0.05) is 26.3 Å². The topological polar surface area (TPSA) is 35.5 Å². The first-order chi connectivity index (χ1) is 9.01. The number of Topliss-reactive ketones (excluding diaryl/α,β-unsaturated/α-hetero) is 1. The van der Waals surface area contributed by atoms with Crippen LogP contribution in [0, 0.1) is 11.3 Å². The highest BCUT2D eigenvalue weighted by Gasteiger charge is 2.41. The van der Waals surface area contributed by atoms with Gasteiger partial charge in [0, 0.05) is 5.92 Å². The molecule has 3 heteroatoms. The van der Waals surface area contributed by atoms with Gasteiger partial charge in [0.25, 0.3) is 0 Å². The molecule has 1 aliphatic carbocycles. The van der Waals surface area contributed by atoms with Gasteiger partial charge in [-0.05, 0) is 30.4 Å². The van der Waals surface area contributed by atoms with E-state index in [1.165, 1.54) is 0 Å². The Balaban J connectivity index is 2.43. The summed E-state index contributed by atoms with van der Waals surface area (Å²) < 4.78 is 10.7. The zero-order valence-corrected chi connectivity index (χ0v) is 12.2. The molecule has 1 fully saturated rings. The van der Waals surface area contributed by atoms with Crippen LogP contribution < -0.4 is 9.47 Å². The Bertz CT molecular complexity index is 455. The van der Waals surface area contributed by atoms with E-state index in [4.69, 9.17) is 9.47 Å². The van der Waals surface area contributed by atoms with Gasteiger partial charge in [-0.2, -0.15) is 0 Å². The van der Waals surface area contributed by atoms with Crippen LogP contribution in [0.15, 0.2) is 18.2 Å². The smallest absolute Gasteiger partial charge is 0.173 e. The van der Waals surface area contributed by atoms with E-state index in [1.807, 2.05) is 18.2 Å². The van der Waals surface area contributed by atoms with Gasteiger partial charge in [0.1, 0.15) is 17.1 Å². The maximum atomic E-state index is 12.9. The van der Waals surface area contributed by atoms with Crippen molar-refractivity contribution in [2.45, 2.75) is 33.1 Å². The van der Waals surface area contributed by atoms with Gasteiger partial charge in [0.15, 0.2) is 5.78 Å². The zero-order chi connectivity index (χ0) is 14.0. The molecule has 3 nitrogen and oxygen atoms in total. The first-order valence-electron chi connectivity index (χ1n) is 6.76. The number of carbonyl (C=O) groups excluding carboxylic acids is 1. The molecule has 0 spiro atoms. The third-order valence-electron chi connectivity index (χ3n) is 4.25. The van der Waals surface area contributed by atoms with Crippen molar-refractivity contribution in [2.24, 2.45) is 11.3 Å². The lowest BCUT2D eigenvalue weighted by Crippen LogP contribution is -2.26. The summed E-state index contributed by atoms with van der Waals surface area (Å²) in [6.07, 6.45) is 3.16. The second-order valence-corrected chi connectivity index (χ2v) is 5.84. The highest BCUT2D eigenvalue weighted by molar-refractivity contribution is 6.03.